The number of ether oxygens (including phenoxy) is 1. The summed E-state index contributed by atoms with van der Waals surface area (Å²) in [4.78, 5) is 11.8. The third-order valence-corrected chi connectivity index (χ3v) is 2.75. The quantitative estimate of drug-likeness (QED) is 0.761. The Morgan fingerprint density at radius 2 is 1.95 bits per heavy atom. The number of anilines is 2. The van der Waals surface area contributed by atoms with Gasteiger partial charge < -0.3 is 15.4 Å². The van der Waals surface area contributed by atoms with Gasteiger partial charge in [0.05, 0.1) is 0 Å². The molecule has 0 saturated heterocycles. The van der Waals surface area contributed by atoms with Gasteiger partial charge in [0.25, 0.3) is 5.91 Å². The zero-order valence-corrected chi connectivity index (χ0v) is 11.9. The van der Waals surface area contributed by atoms with Gasteiger partial charge in [-0.3, -0.25) is 4.79 Å². The molecule has 0 saturated carbocycles. The van der Waals surface area contributed by atoms with Crippen molar-refractivity contribution in [2.24, 2.45) is 0 Å². The lowest BCUT2D eigenvalue weighted by molar-refractivity contribution is 0.0942. The van der Waals surface area contributed by atoms with E-state index >= 15 is 0 Å². The van der Waals surface area contributed by atoms with E-state index in [-0.39, 0.29) is 5.91 Å². The third-order valence-electron chi connectivity index (χ3n) is 2.75. The van der Waals surface area contributed by atoms with E-state index in [4.69, 9.17) is 4.74 Å². The summed E-state index contributed by atoms with van der Waals surface area (Å²) in [5.74, 6) is 0.363. The fourth-order valence-electron chi connectivity index (χ4n) is 1.70. The van der Waals surface area contributed by atoms with Crippen molar-refractivity contribution >= 4 is 17.4 Å². The van der Waals surface area contributed by atoms with Crippen molar-refractivity contribution in [2.45, 2.75) is 6.42 Å². The molecule has 0 radical (unpaired) electrons. The molecule has 1 aromatic carbocycles. The molecule has 6 nitrogen and oxygen atoms in total. The number of carbonyl (C=O) groups is 1. The highest BCUT2D eigenvalue weighted by atomic mass is 16.5. The highest BCUT2D eigenvalue weighted by molar-refractivity contribution is 5.92. The molecular weight excluding hydrogens is 268 g/mol. The maximum atomic E-state index is 11.8. The molecule has 1 aromatic heterocycles. The lowest BCUT2D eigenvalue weighted by Gasteiger charge is -2.06. The Bertz CT molecular complexity index is 558. The number of methoxy groups -OCH3 is 1. The Labute approximate surface area is 123 Å². The van der Waals surface area contributed by atoms with Gasteiger partial charge >= 0.3 is 0 Å². The molecule has 1 heterocycles. The predicted octanol–water partition coefficient (Wildman–Crippen LogP) is 1.99. The summed E-state index contributed by atoms with van der Waals surface area (Å²) >= 11 is 0. The fraction of sp³-hybridized carbons (Fsp3) is 0.267. The zero-order valence-electron chi connectivity index (χ0n) is 11.9. The van der Waals surface area contributed by atoms with E-state index in [2.05, 4.69) is 20.8 Å². The number of para-hydroxylation sites is 1. The number of nitrogens with one attached hydrogen (secondary N) is 2. The molecule has 2 rings (SSSR count). The molecule has 0 atom stereocenters. The van der Waals surface area contributed by atoms with E-state index in [1.165, 1.54) is 0 Å². The first kappa shape index (κ1) is 14.9. The van der Waals surface area contributed by atoms with Gasteiger partial charge in [-0.25, -0.2) is 0 Å². The van der Waals surface area contributed by atoms with Crippen molar-refractivity contribution in [1.29, 1.82) is 0 Å². The van der Waals surface area contributed by atoms with Crippen LogP contribution in [0.2, 0.25) is 0 Å². The molecule has 0 fully saturated rings. The van der Waals surface area contributed by atoms with Crippen LogP contribution in [-0.2, 0) is 4.74 Å². The Kier molecular flexibility index (Phi) is 5.66. The maximum absolute atomic E-state index is 11.8. The average molecular weight is 286 g/mol. The van der Waals surface area contributed by atoms with Crippen molar-refractivity contribution in [1.82, 2.24) is 15.5 Å². The van der Waals surface area contributed by atoms with Crippen molar-refractivity contribution in [2.75, 3.05) is 25.6 Å². The lowest BCUT2D eigenvalue weighted by atomic mass is 10.3. The molecule has 0 spiro atoms. The minimum Gasteiger partial charge on any atom is -0.385 e. The molecule has 6 heteroatoms. The van der Waals surface area contributed by atoms with Crippen LogP contribution in [0.5, 0.6) is 0 Å². The molecule has 2 aromatic rings. The number of hydrogen-bond acceptors (Lipinski definition) is 5. The number of benzene rings is 1. The van der Waals surface area contributed by atoms with Gasteiger partial charge in [0.1, 0.15) is 0 Å². The van der Waals surface area contributed by atoms with Crippen molar-refractivity contribution < 1.29 is 9.53 Å². The molecular formula is C15H18N4O2. The van der Waals surface area contributed by atoms with Crippen LogP contribution < -0.4 is 10.6 Å². The van der Waals surface area contributed by atoms with Gasteiger partial charge in [0, 0.05) is 25.9 Å². The minimum atomic E-state index is -0.232. The van der Waals surface area contributed by atoms with Gasteiger partial charge in [-0.1, -0.05) is 18.2 Å². The van der Waals surface area contributed by atoms with Gasteiger partial charge in [0.15, 0.2) is 11.5 Å². The number of nitrogens with zero attached hydrogens (tertiary/aromatic N) is 2. The van der Waals surface area contributed by atoms with Crippen LogP contribution in [-0.4, -0.2) is 36.4 Å². The first-order valence-corrected chi connectivity index (χ1v) is 6.72. The van der Waals surface area contributed by atoms with Gasteiger partial charge in [-0.05, 0) is 30.7 Å². The largest absolute Gasteiger partial charge is 0.385 e. The molecule has 0 aliphatic carbocycles. The van der Waals surface area contributed by atoms with Crippen LogP contribution in [0.25, 0.3) is 0 Å². The molecule has 2 N–H and O–H groups in total. The summed E-state index contributed by atoms with van der Waals surface area (Å²) in [7, 11) is 1.63. The zero-order chi connectivity index (χ0) is 14.9. The standard InChI is InChI=1S/C15H18N4O2/c1-21-11-5-10-16-15(20)13-8-9-14(19-18-13)17-12-6-3-2-4-7-12/h2-4,6-9H,5,10-11H2,1H3,(H,16,20)(H,17,19). The summed E-state index contributed by atoms with van der Waals surface area (Å²) < 4.78 is 4.91. The molecule has 1 amide bonds. The first-order valence-electron chi connectivity index (χ1n) is 6.72. The number of aromatic nitrogens is 2. The molecule has 0 aliphatic heterocycles. The van der Waals surface area contributed by atoms with Crippen LogP contribution in [0.15, 0.2) is 42.5 Å². The smallest absolute Gasteiger partial charge is 0.271 e. The second kappa shape index (κ2) is 7.96. The minimum absolute atomic E-state index is 0.232. The molecule has 0 bridgehead atoms. The van der Waals surface area contributed by atoms with E-state index < -0.39 is 0 Å². The van der Waals surface area contributed by atoms with Crippen LogP contribution in [0.1, 0.15) is 16.9 Å². The SMILES string of the molecule is COCCCNC(=O)c1ccc(Nc2ccccc2)nn1. The number of hydrogen-bond donors (Lipinski definition) is 2. The monoisotopic (exact) mass is 286 g/mol. The number of amides is 1. The Hall–Kier alpha value is -2.47. The van der Waals surface area contributed by atoms with Crippen molar-refractivity contribution in [3.05, 3.63) is 48.2 Å². The summed E-state index contributed by atoms with van der Waals surface area (Å²) in [6.45, 7) is 1.17. The maximum Gasteiger partial charge on any atom is 0.271 e. The molecule has 0 unspecified atom stereocenters. The first-order chi connectivity index (χ1) is 10.3. The molecule has 110 valence electrons. The van der Waals surface area contributed by atoms with E-state index in [1.807, 2.05) is 30.3 Å². The second-order valence-electron chi connectivity index (χ2n) is 4.40. The normalized spacial score (nSPS) is 10.1. The Morgan fingerprint density at radius 1 is 1.14 bits per heavy atom. The average Bonchev–Trinajstić information content (AvgIpc) is 2.53. The second-order valence-corrected chi connectivity index (χ2v) is 4.40. The van der Waals surface area contributed by atoms with Crippen LogP contribution in [0.3, 0.4) is 0 Å². The van der Waals surface area contributed by atoms with Crippen LogP contribution >= 0.6 is 0 Å². The number of rotatable bonds is 7. The summed E-state index contributed by atoms with van der Waals surface area (Å²) in [6, 6.07) is 13.0. The predicted molar refractivity (Wildman–Crippen MR) is 80.6 cm³/mol. The highest BCUT2D eigenvalue weighted by Crippen LogP contribution is 2.12. The summed E-state index contributed by atoms with van der Waals surface area (Å²) in [5, 5.41) is 13.8. The fourth-order valence-corrected chi connectivity index (χ4v) is 1.70. The van der Waals surface area contributed by atoms with Gasteiger partial charge in [0.2, 0.25) is 0 Å². The van der Waals surface area contributed by atoms with Crippen molar-refractivity contribution in [3.8, 4) is 0 Å². The third kappa shape index (κ3) is 4.85. The van der Waals surface area contributed by atoms with Crippen LogP contribution in [0, 0.1) is 0 Å². The lowest BCUT2D eigenvalue weighted by Crippen LogP contribution is -2.26. The van der Waals surface area contributed by atoms with E-state index in [0.29, 0.717) is 24.7 Å². The van der Waals surface area contributed by atoms with Crippen molar-refractivity contribution in [3.63, 3.8) is 0 Å². The summed E-state index contributed by atoms with van der Waals surface area (Å²) in [6.07, 6.45) is 0.767. The van der Waals surface area contributed by atoms with E-state index in [9.17, 15) is 4.79 Å². The molecule has 0 aliphatic rings. The topological polar surface area (TPSA) is 76.1 Å². The summed E-state index contributed by atoms with van der Waals surface area (Å²) in [5.41, 5.74) is 1.22. The Morgan fingerprint density at radius 3 is 2.62 bits per heavy atom. The highest BCUT2D eigenvalue weighted by Gasteiger charge is 2.07. The van der Waals surface area contributed by atoms with Gasteiger partial charge in [-0.15, -0.1) is 10.2 Å². The molecule has 21 heavy (non-hydrogen) atoms. The van der Waals surface area contributed by atoms with E-state index in [0.717, 1.165) is 12.1 Å². The van der Waals surface area contributed by atoms with Gasteiger partial charge in [-0.2, -0.15) is 0 Å². The van der Waals surface area contributed by atoms with E-state index in [1.54, 1.807) is 19.2 Å². The Balaban J connectivity index is 1.88. The number of carbonyl (C=O) groups excluding carboxylic acids is 1. The van der Waals surface area contributed by atoms with Crippen LogP contribution in [0.4, 0.5) is 11.5 Å².